The molecular formula is C18H31NO3. The highest BCUT2D eigenvalue weighted by molar-refractivity contribution is 5.79. The molecule has 2 rings (SSSR count). The number of nitrogens with one attached hydrogen (secondary N) is 1. The van der Waals surface area contributed by atoms with E-state index in [0.717, 1.165) is 31.6 Å². The van der Waals surface area contributed by atoms with Gasteiger partial charge in [-0.15, -0.1) is 0 Å². The van der Waals surface area contributed by atoms with E-state index in [1.165, 1.54) is 32.1 Å². The fraction of sp³-hybridized carbons (Fsp3) is 0.889. The lowest BCUT2D eigenvalue weighted by atomic mass is 9.80. The van der Waals surface area contributed by atoms with Crippen molar-refractivity contribution in [2.75, 3.05) is 0 Å². The predicted molar refractivity (Wildman–Crippen MR) is 86.5 cm³/mol. The molecule has 1 amide bonds. The van der Waals surface area contributed by atoms with Gasteiger partial charge in [-0.2, -0.15) is 0 Å². The van der Waals surface area contributed by atoms with Crippen molar-refractivity contribution in [3.05, 3.63) is 0 Å². The molecule has 2 N–H and O–H groups in total. The Morgan fingerprint density at radius 1 is 0.955 bits per heavy atom. The summed E-state index contributed by atoms with van der Waals surface area (Å²) in [5.41, 5.74) is 0. The number of hydrogen-bond acceptors (Lipinski definition) is 2. The van der Waals surface area contributed by atoms with Crippen molar-refractivity contribution in [2.24, 2.45) is 17.8 Å². The third-order valence-electron chi connectivity index (χ3n) is 5.61. The molecule has 2 saturated carbocycles. The standard InChI is InChI=1S/C18H31NO3/c1-2-3-4-13-5-11-16(12-6-13)19-17(20)14-7-9-15(10-8-14)18(21)22/h13-16H,2-12H2,1H3,(H,19,20)(H,21,22). The van der Waals surface area contributed by atoms with Crippen LogP contribution >= 0.6 is 0 Å². The third kappa shape index (κ3) is 4.99. The van der Waals surface area contributed by atoms with Crippen LogP contribution in [-0.4, -0.2) is 23.0 Å². The molecule has 0 radical (unpaired) electrons. The summed E-state index contributed by atoms with van der Waals surface area (Å²) >= 11 is 0. The van der Waals surface area contributed by atoms with Gasteiger partial charge < -0.3 is 10.4 Å². The van der Waals surface area contributed by atoms with Crippen molar-refractivity contribution >= 4 is 11.9 Å². The van der Waals surface area contributed by atoms with E-state index in [0.29, 0.717) is 18.9 Å². The zero-order valence-corrected chi connectivity index (χ0v) is 13.9. The maximum atomic E-state index is 12.3. The number of carbonyl (C=O) groups is 2. The van der Waals surface area contributed by atoms with Gasteiger partial charge in [0.05, 0.1) is 5.92 Å². The van der Waals surface area contributed by atoms with Crippen LogP contribution in [0.25, 0.3) is 0 Å². The minimum absolute atomic E-state index is 0.0356. The van der Waals surface area contributed by atoms with Gasteiger partial charge in [-0.1, -0.05) is 26.2 Å². The average Bonchev–Trinajstić information content (AvgIpc) is 2.54. The quantitative estimate of drug-likeness (QED) is 0.785. The van der Waals surface area contributed by atoms with Crippen molar-refractivity contribution in [3.63, 3.8) is 0 Å². The molecule has 0 heterocycles. The molecule has 126 valence electrons. The number of hydrogen-bond donors (Lipinski definition) is 2. The fourth-order valence-corrected chi connectivity index (χ4v) is 4.01. The van der Waals surface area contributed by atoms with Gasteiger partial charge in [0, 0.05) is 12.0 Å². The molecule has 0 aromatic heterocycles. The molecule has 0 aromatic carbocycles. The molecule has 2 aliphatic carbocycles. The van der Waals surface area contributed by atoms with Gasteiger partial charge in [0.2, 0.25) is 5.91 Å². The van der Waals surface area contributed by atoms with Crippen molar-refractivity contribution in [2.45, 2.75) is 83.6 Å². The van der Waals surface area contributed by atoms with E-state index < -0.39 is 5.97 Å². The van der Waals surface area contributed by atoms with E-state index in [1.54, 1.807) is 0 Å². The monoisotopic (exact) mass is 309 g/mol. The maximum absolute atomic E-state index is 12.3. The summed E-state index contributed by atoms with van der Waals surface area (Å²) in [5.74, 6) is 0.121. The lowest BCUT2D eigenvalue weighted by Gasteiger charge is -2.31. The normalized spacial score (nSPS) is 32.4. The van der Waals surface area contributed by atoms with E-state index in [1.807, 2.05) is 0 Å². The van der Waals surface area contributed by atoms with Crippen molar-refractivity contribution in [1.29, 1.82) is 0 Å². The van der Waals surface area contributed by atoms with Crippen LogP contribution in [0.1, 0.15) is 77.6 Å². The number of amides is 1. The lowest BCUT2D eigenvalue weighted by molar-refractivity contribution is -0.144. The van der Waals surface area contributed by atoms with Crippen molar-refractivity contribution in [3.8, 4) is 0 Å². The first-order chi connectivity index (χ1) is 10.6. The van der Waals surface area contributed by atoms with Crippen molar-refractivity contribution < 1.29 is 14.7 Å². The van der Waals surface area contributed by atoms with Gasteiger partial charge in [-0.05, 0) is 57.3 Å². The van der Waals surface area contributed by atoms with Crippen molar-refractivity contribution in [1.82, 2.24) is 5.32 Å². The van der Waals surface area contributed by atoms with Gasteiger partial charge in [0.1, 0.15) is 0 Å². The van der Waals surface area contributed by atoms with Crippen LogP contribution in [0.4, 0.5) is 0 Å². The SMILES string of the molecule is CCCCC1CCC(NC(=O)C2CCC(C(=O)O)CC2)CC1. The maximum Gasteiger partial charge on any atom is 0.306 e. The summed E-state index contributed by atoms with van der Waals surface area (Å²) in [6, 6.07) is 0.350. The van der Waals surface area contributed by atoms with Gasteiger partial charge in [0.15, 0.2) is 0 Å². The highest BCUT2D eigenvalue weighted by Crippen LogP contribution is 2.31. The number of carboxylic acids is 1. The third-order valence-corrected chi connectivity index (χ3v) is 5.61. The fourth-order valence-electron chi connectivity index (χ4n) is 4.01. The number of aliphatic carboxylic acids is 1. The smallest absolute Gasteiger partial charge is 0.306 e. The van der Waals surface area contributed by atoms with Crippen LogP contribution in [0.3, 0.4) is 0 Å². The Kier molecular flexibility index (Phi) is 6.71. The lowest BCUT2D eigenvalue weighted by Crippen LogP contribution is -2.42. The Labute approximate surface area is 134 Å². The Hall–Kier alpha value is -1.06. The molecule has 0 unspecified atom stereocenters. The molecule has 0 spiro atoms. The summed E-state index contributed by atoms with van der Waals surface area (Å²) in [6.07, 6.45) is 11.4. The number of carboxylic acid groups (broad SMARTS) is 1. The molecule has 0 aromatic rings. The number of unbranched alkanes of at least 4 members (excludes halogenated alkanes) is 1. The summed E-state index contributed by atoms with van der Waals surface area (Å²) in [6.45, 7) is 2.24. The van der Waals surface area contributed by atoms with Crippen LogP contribution in [0.2, 0.25) is 0 Å². The second-order valence-electron chi connectivity index (χ2n) is 7.26. The Morgan fingerprint density at radius 2 is 1.55 bits per heavy atom. The summed E-state index contributed by atoms with van der Waals surface area (Å²) in [7, 11) is 0. The van der Waals surface area contributed by atoms with E-state index in [4.69, 9.17) is 5.11 Å². The summed E-state index contributed by atoms with van der Waals surface area (Å²) < 4.78 is 0. The topological polar surface area (TPSA) is 66.4 Å². The second kappa shape index (κ2) is 8.54. The zero-order chi connectivity index (χ0) is 15.9. The Morgan fingerprint density at radius 3 is 2.09 bits per heavy atom. The Bertz CT molecular complexity index is 367. The predicted octanol–water partition coefficient (Wildman–Crippen LogP) is 3.74. The largest absolute Gasteiger partial charge is 0.481 e. The highest BCUT2D eigenvalue weighted by Gasteiger charge is 2.31. The van der Waals surface area contributed by atoms with E-state index in [-0.39, 0.29) is 17.7 Å². The van der Waals surface area contributed by atoms with Gasteiger partial charge in [-0.25, -0.2) is 0 Å². The molecule has 4 heteroatoms. The molecular weight excluding hydrogens is 278 g/mol. The van der Waals surface area contributed by atoms with Gasteiger partial charge in [-0.3, -0.25) is 9.59 Å². The Balaban J connectivity index is 1.67. The minimum Gasteiger partial charge on any atom is -0.481 e. The van der Waals surface area contributed by atoms with E-state index in [9.17, 15) is 9.59 Å². The molecule has 0 aliphatic heterocycles. The molecule has 4 nitrogen and oxygen atoms in total. The average molecular weight is 309 g/mol. The van der Waals surface area contributed by atoms with Gasteiger partial charge >= 0.3 is 5.97 Å². The second-order valence-corrected chi connectivity index (χ2v) is 7.26. The first-order valence-corrected chi connectivity index (χ1v) is 9.13. The highest BCUT2D eigenvalue weighted by atomic mass is 16.4. The number of carbonyl (C=O) groups excluding carboxylic acids is 1. The summed E-state index contributed by atoms with van der Waals surface area (Å²) in [5, 5.41) is 12.2. The molecule has 0 bridgehead atoms. The van der Waals surface area contributed by atoms with Crippen LogP contribution in [-0.2, 0) is 9.59 Å². The molecule has 0 atom stereocenters. The zero-order valence-electron chi connectivity index (χ0n) is 13.9. The van der Waals surface area contributed by atoms with E-state index >= 15 is 0 Å². The molecule has 2 aliphatic rings. The first kappa shape index (κ1) is 17.3. The number of rotatable bonds is 6. The van der Waals surface area contributed by atoms with Crippen LogP contribution in [0.15, 0.2) is 0 Å². The van der Waals surface area contributed by atoms with Crippen LogP contribution in [0, 0.1) is 17.8 Å². The van der Waals surface area contributed by atoms with Gasteiger partial charge in [0.25, 0.3) is 0 Å². The molecule has 2 fully saturated rings. The van der Waals surface area contributed by atoms with Crippen LogP contribution in [0.5, 0.6) is 0 Å². The first-order valence-electron chi connectivity index (χ1n) is 9.13. The molecule has 0 saturated heterocycles. The minimum atomic E-state index is -0.704. The van der Waals surface area contributed by atoms with E-state index in [2.05, 4.69) is 12.2 Å². The summed E-state index contributed by atoms with van der Waals surface area (Å²) in [4.78, 5) is 23.3. The molecule has 22 heavy (non-hydrogen) atoms. The van der Waals surface area contributed by atoms with Crippen LogP contribution < -0.4 is 5.32 Å².